The zero-order valence-electron chi connectivity index (χ0n) is 9.19. The van der Waals surface area contributed by atoms with Gasteiger partial charge in [0.25, 0.3) is 0 Å². The van der Waals surface area contributed by atoms with Crippen LogP contribution in [0.2, 0.25) is 5.02 Å². The summed E-state index contributed by atoms with van der Waals surface area (Å²) in [5.41, 5.74) is 3.45. The number of aryl methyl sites for hydroxylation is 1. The number of aromatic amines is 1. The lowest BCUT2D eigenvalue weighted by Crippen LogP contribution is -2.12. The summed E-state index contributed by atoms with van der Waals surface area (Å²) in [5, 5.41) is 5.24. The zero-order valence-corrected chi connectivity index (χ0v) is 9.94. The number of hydrogen-bond acceptors (Lipinski definition) is 1. The van der Waals surface area contributed by atoms with E-state index < -0.39 is 0 Å². The summed E-state index contributed by atoms with van der Waals surface area (Å²) in [6.07, 6.45) is 0. The Labute approximate surface area is 94.6 Å². The van der Waals surface area contributed by atoms with Crippen LogP contribution < -0.4 is 5.32 Å². The Morgan fingerprint density at radius 3 is 2.80 bits per heavy atom. The minimum atomic E-state index is 0.329. The molecule has 0 aliphatic heterocycles. The molecule has 1 aromatic heterocycles. The minimum absolute atomic E-state index is 0.329. The molecule has 1 unspecified atom stereocenters. The molecule has 15 heavy (non-hydrogen) atoms. The number of benzene rings is 1. The molecule has 2 aromatic rings. The van der Waals surface area contributed by atoms with Gasteiger partial charge in [-0.25, -0.2) is 0 Å². The average molecular weight is 223 g/mol. The van der Waals surface area contributed by atoms with E-state index in [4.69, 9.17) is 11.6 Å². The van der Waals surface area contributed by atoms with Crippen LogP contribution >= 0.6 is 11.6 Å². The molecule has 2 rings (SSSR count). The van der Waals surface area contributed by atoms with Crippen molar-refractivity contribution in [2.45, 2.75) is 19.9 Å². The third-order valence-corrected chi connectivity index (χ3v) is 3.32. The summed E-state index contributed by atoms with van der Waals surface area (Å²) in [4.78, 5) is 3.41. The molecule has 0 amide bonds. The van der Waals surface area contributed by atoms with Crippen molar-refractivity contribution in [2.75, 3.05) is 7.05 Å². The summed E-state index contributed by atoms with van der Waals surface area (Å²) >= 11 is 6.07. The van der Waals surface area contributed by atoms with Gasteiger partial charge in [-0.05, 0) is 38.6 Å². The molecule has 80 valence electrons. The molecule has 0 aliphatic rings. The second-order valence-electron chi connectivity index (χ2n) is 3.87. The zero-order chi connectivity index (χ0) is 11.0. The van der Waals surface area contributed by atoms with Gasteiger partial charge in [0.2, 0.25) is 0 Å². The van der Waals surface area contributed by atoms with Gasteiger partial charge < -0.3 is 10.3 Å². The predicted octanol–water partition coefficient (Wildman–Crippen LogP) is 3.41. The summed E-state index contributed by atoms with van der Waals surface area (Å²) in [7, 11) is 1.95. The minimum Gasteiger partial charge on any atom is -0.357 e. The highest BCUT2D eigenvalue weighted by Crippen LogP contribution is 2.27. The van der Waals surface area contributed by atoms with Crippen LogP contribution in [0.5, 0.6) is 0 Å². The van der Waals surface area contributed by atoms with Crippen molar-refractivity contribution in [2.24, 2.45) is 0 Å². The maximum Gasteiger partial charge on any atom is 0.0501 e. The number of hydrogen-bond donors (Lipinski definition) is 2. The number of fused-ring (bicyclic) bond motifs is 1. The molecule has 1 atom stereocenters. The molecule has 2 N–H and O–H groups in total. The first-order valence-corrected chi connectivity index (χ1v) is 5.46. The first-order valence-electron chi connectivity index (χ1n) is 5.08. The Balaban J connectivity index is 2.61. The van der Waals surface area contributed by atoms with E-state index in [1.165, 1.54) is 11.1 Å². The molecule has 0 saturated carbocycles. The fourth-order valence-corrected chi connectivity index (χ4v) is 1.89. The molecule has 1 aromatic carbocycles. The number of halogens is 1. The first-order chi connectivity index (χ1) is 7.13. The van der Waals surface area contributed by atoms with Gasteiger partial charge in [-0.15, -0.1) is 0 Å². The molecule has 0 spiro atoms. The Morgan fingerprint density at radius 2 is 2.13 bits per heavy atom. The van der Waals surface area contributed by atoms with Crippen LogP contribution in [0.15, 0.2) is 18.2 Å². The van der Waals surface area contributed by atoms with E-state index in [0.717, 1.165) is 16.1 Å². The molecular formula is C12H15ClN2. The number of H-pyrrole nitrogens is 1. The molecular weight excluding hydrogens is 208 g/mol. The van der Waals surface area contributed by atoms with Crippen LogP contribution in [-0.4, -0.2) is 12.0 Å². The normalized spacial score (nSPS) is 13.3. The smallest absolute Gasteiger partial charge is 0.0501 e. The van der Waals surface area contributed by atoms with Crippen molar-refractivity contribution in [1.29, 1.82) is 0 Å². The Kier molecular flexibility index (Phi) is 2.72. The molecule has 3 heteroatoms. The van der Waals surface area contributed by atoms with Gasteiger partial charge in [0.05, 0.1) is 5.52 Å². The summed E-state index contributed by atoms with van der Waals surface area (Å²) in [6, 6.07) is 6.49. The highest BCUT2D eigenvalue weighted by atomic mass is 35.5. The third kappa shape index (κ3) is 1.75. The Hall–Kier alpha value is -0.990. The van der Waals surface area contributed by atoms with Gasteiger partial charge in [0.1, 0.15) is 0 Å². The van der Waals surface area contributed by atoms with Crippen LogP contribution in [0, 0.1) is 6.92 Å². The van der Waals surface area contributed by atoms with Crippen LogP contribution in [0.25, 0.3) is 10.9 Å². The van der Waals surface area contributed by atoms with Gasteiger partial charge in [0, 0.05) is 22.1 Å². The maximum absolute atomic E-state index is 6.07. The monoisotopic (exact) mass is 222 g/mol. The van der Waals surface area contributed by atoms with Crippen molar-refractivity contribution in [3.05, 3.63) is 34.5 Å². The molecule has 2 nitrogen and oxygen atoms in total. The van der Waals surface area contributed by atoms with Crippen LogP contribution in [0.1, 0.15) is 24.2 Å². The molecule has 1 heterocycles. The number of aromatic nitrogens is 1. The summed E-state index contributed by atoms with van der Waals surface area (Å²) < 4.78 is 0. The second kappa shape index (κ2) is 3.87. The van der Waals surface area contributed by atoms with Crippen LogP contribution in [0.3, 0.4) is 0 Å². The predicted molar refractivity (Wildman–Crippen MR) is 65.5 cm³/mol. The van der Waals surface area contributed by atoms with Crippen LogP contribution in [-0.2, 0) is 0 Å². The Bertz CT molecular complexity index is 488. The van der Waals surface area contributed by atoms with E-state index in [1.54, 1.807) is 0 Å². The topological polar surface area (TPSA) is 27.8 Å². The highest BCUT2D eigenvalue weighted by molar-refractivity contribution is 6.32. The fourth-order valence-electron chi connectivity index (χ4n) is 1.73. The van der Waals surface area contributed by atoms with Gasteiger partial charge in [-0.3, -0.25) is 0 Å². The molecule has 0 radical (unpaired) electrons. The van der Waals surface area contributed by atoms with Gasteiger partial charge >= 0.3 is 0 Å². The maximum atomic E-state index is 6.07. The van der Waals surface area contributed by atoms with Crippen molar-refractivity contribution in [3.63, 3.8) is 0 Å². The number of nitrogens with one attached hydrogen (secondary N) is 2. The lowest BCUT2D eigenvalue weighted by Gasteiger charge is -2.06. The molecule has 0 bridgehead atoms. The summed E-state index contributed by atoms with van der Waals surface area (Å²) in [5.74, 6) is 0. The van der Waals surface area contributed by atoms with E-state index in [1.807, 2.05) is 26.1 Å². The van der Waals surface area contributed by atoms with Crippen molar-refractivity contribution >= 4 is 22.5 Å². The van der Waals surface area contributed by atoms with Crippen LogP contribution in [0.4, 0.5) is 0 Å². The van der Waals surface area contributed by atoms with E-state index in [2.05, 4.69) is 23.3 Å². The van der Waals surface area contributed by atoms with E-state index in [9.17, 15) is 0 Å². The van der Waals surface area contributed by atoms with E-state index in [-0.39, 0.29) is 0 Å². The van der Waals surface area contributed by atoms with Gasteiger partial charge in [-0.2, -0.15) is 0 Å². The first kappa shape index (κ1) is 10.5. The Morgan fingerprint density at radius 1 is 1.40 bits per heavy atom. The van der Waals surface area contributed by atoms with Crippen molar-refractivity contribution < 1.29 is 0 Å². The van der Waals surface area contributed by atoms with Gasteiger partial charge in [-0.1, -0.05) is 17.7 Å². The number of rotatable bonds is 2. The molecule has 0 saturated heterocycles. The SMILES string of the molecule is CNC(C)c1cc2ccc(Cl)c(C)c2[nH]1. The lowest BCUT2D eigenvalue weighted by molar-refractivity contribution is 0.638. The van der Waals surface area contributed by atoms with Crippen molar-refractivity contribution in [3.8, 4) is 0 Å². The fraction of sp³-hybridized carbons (Fsp3) is 0.333. The van der Waals surface area contributed by atoms with Gasteiger partial charge in [0.15, 0.2) is 0 Å². The standard InChI is InChI=1S/C12H15ClN2/c1-7-10(13)5-4-9-6-11(8(2)14-3)15-12(7)9/h4-6,8,14-15H,1-3H3. The second-order valence-corrected chi connectivity index (χ2v) is 4.28. The highest BCUT2D eigenvalue weighted by Gasteiger charge is 2.09. The van der Waals surface area contributed by atoms with Crippen molar-refractivity contribution in [1.82, 2.24) is 10.3 Å². The van der Waals surface area contributed by atoms with E-state index in [0.29, 0.717) is 6.04 Å². The lowest BCUT2D eigenvalue weighted by atomic mass is 10.1. The van der Waals surface area contributed by atoms with E-state index >= 15 is 0 Å². The molecule has 0 fully saturated rings. The third-order valence-electron chi connectivity index (χ3n) is 2.91. The quantitative estimate of drug-likeness (QED) is 0.801. The largest absolute Gasteiger partial charge is 0.357 e. The molecule has 0 aliphatic carbocycles. The summed E-state index contributed by atoms with van der Waals surface area (Å²) in [6.45, 7) is 4.16. The average Bonchev–Trinajstić information content (AvgIpc) is 2.67.